The van der Waals surface area contributed by atoms with Gasteiger partial charge in [0.05, 0.1) is 0 Å². The van der Waals surface area contributed by atoms with Crippen molar-refractivity contribution in [2.24, 2.45) is 0 Å². The third-order valence-corrected chi connectivity index (χ3v) is 5.77. The van der Waals surface area contributed by atoms with Gasteiger partial charge in [-0.05, 0) is 75.2 Å². The number of benzene rings is 2. The highest BCUT2D eigenvalue weighted by Crippen LogP contribution is 2.23. The molecule has 2 aromatic rings. The molecule has 0 bridgehead atoms. The monoisotopic (exact) mass is 394 g/mol. The van der Waals surface area contributed by atoms with Gasteiger partial charge in [0, 0.05) is 24.7 Å². The van der Waals surface area contributed by atoms with Crippen LogP contribution in [0.4, 0.5) is 0 Å². The standard InChI is InChI=1S/C24H30N2O3/c27-24(26-16-6-7-21(26)19-25-14-4-5-15-25)20-10-12-23(13-11-20)29-18-17-28-22-8-2-1-3-9-22/h1-3,8-13,21H,4-7,14-19H2/t21-/m0/s1. The Labute approximate surface area is 173 Å². The molecule has 5 heteroatoms. The molecule has 0 unspecified atom stereocenters. The fourth-order valence-corrected chi connectivity index (χ4v) is 4.25. The molecule has 0 aromatic heterocycles. The zero-order valence-electron chi connectivity index (χ0n) is 17.0. The lowest BCUT2D eigenvalue weighted by atomic mass is 10.1. The number of likely N-dealkylation sites (tertiary alicyclic amines) is 2. The number of ether oxygens (including phenoxy) is 2. The molecule has 2 saturated heterocycles. The number of carbonyl (C=O) groups is 1. The minimum atomic E-state index is 0.144. The van der Waals surface area contributed by atoms with Crippen LogP contribution in [0.25, 0.3) is 0 Å². The highest BCUT2D eigenvalue weighted by molar-refractivity contribution is 5.94. The smallest absolute Gasteiger partial charge is 0.254 e. The van der Waals surface area contributed by atoms with E-state index in [1.165, 1.54) is 25.9 Å². The Morgan fingerprint density at radius 2 is 1.48 bits per heavy atom. The minimum Gasteiger partial charge on any atom is -0.490 e. The minimum absolute atomic E-state index is 0.144. The Balaban J connectivity index is 1.26. The Hall–Kier alpha value is -2.53. The highest BCUT2D eigenvalue weighted by atomic mass is 16.5. The third kappa shape index (κ3) is 5.30. The topological polar surface area (TPSA) is 42.0 Å². The van der Waals surface area contributed by atoms with Crippen LogP contribution in [0, 0.1) is 0 Å². The van der Waals surface area contributed by atoms with Crippen molar-refractivity contribution >= 4 is 5.91 Å². The number of nitrogens with zero attached hydrogens (tertiary/aromatic N) is 2. The van der Waals surface area contributed by atoms with Gasteiger partial charge in [-0.1, -0.05) is 18.2 Å². The first-order chi connectivity index (χ1) is 14.3. The van der Waals surface area contributed by atoms with Crippen molar-refractivity contribution in [2.45, 2.75) is 31.7 Å². The summed E-state index contributed by atoms with van der Waals surface area (Å²) in [6, 6.07) is 17.6. The van der Waals surface area contributed by atoms with Gasteiger partial charge >= 0.3 is 0 Å². The van der Waals surface area contributed by atoms with Crippen molar-refractivity contribution in [1.29, 1.82) is 0 Å². The van der Waals surface area contributed by atoms with Gasteiger partial charge in [-0.15, -0.1) is 0 Å². The molecule has 2 aliphatic heterocycles. The van der Waals surface area contributed by atoms with E-state index in [-0.39, 0.29) is 5.91 Å². The van der Waals surface area contributed by atoms with E-state index in [4.69, 9.17) is 9.47 Å². The normalized spacial score (nSPS) is 19.4. The molecule has 5 nitrogen and oxygen atoms in total. The molecule has 0 N–H and O–H groups in total. The van der Waals surface area contributed by atoms with Crippen molar-refractivity contribution < 1.29 is 14.3 Å². The summed E-state index contributed by atoms with van der Waals surface area (Å²) in [5.74, 6) is 1.74. The Morgan fingerprint density at radius 3 is 2.17 bits per heavy atom. The summed E-state index contributed by atoms with van der Waals surface area (Å²) >= 11 is 0. The summed E-state index contributed by atoms with van der Waals surface area (Å²) in [5.41, 5.74) is 0.742. The van der Waals surface area contributed by atoms with Gasteiger partial charge in [0.1, 0.15) is 24.7 Å². The zero-order chi connectivity index (χ0) is 19.9. The van der Waals surface area contributed by atoms with Gasteiger partial charge in [0.25, 0.3) is 5.91 Å². The van der Waals surface area contributed by atoms with Crippen LogP contribution in [0.5, 0.6) is 11.5 Å². The van der Waals surface area contributed by atoms with Crippen molar-refractivity contribution in [1.82, 2.24) is 9.80 Å². The van der Waals surface area contributed by atoms with Crippen LogP contribution < -0.4 is 9.47 Å². The van der Waals surface area contributed by atoms with Crippen molar-refractivity contribution in [3.8, 4) is 11.5 Å². The second-order valence-electron chi connectivity index (χ2n) is 7.84. The summed E-state index contributed by atoms with van der Waals surface area (Å²) in [6.45, 7) is 5.20. The van der Waals surface area contributed by atoms with E-state index in [1.54, 1.807) is 0 Å². The van der Waals surface area contributed by atoms with E-state index in [0.29, 0.717) is 19.3 Å². The van der Waals surface area contributed by atoms with E-state index in [9.17, 15) is 4.79 Å². The van der Waals surface area contributed by atoms with Crippen LogP contribution in [0.2, 0.25) is 0 Å². The molecule has 1 atom stereocenters. The average Bonchev–Trinajstić information content (AvgIpc) is 3.44. The number of hydrogen-bond acceptors (Lipinski definition) is 4. The molecule has 0 saturated carbocycles. The van der Waals surface area contributed by atoms with Crippen molar-refractivity contribution in [3.63, 3.8) is 0 Å². The summed E-state index contributed by atoms with van der Waals surface area (Å²) in [6.07, 6.45) is 4.80. The molecule has 2 fully saturated rings. The first-order valence-electron chi connectivity index (χ1n) is 10.7. The van der Waals surface area contributed by atoms with Crippen LogP contribution in [-0.4, -0.2) is 61.1 Å². The van der Waals surface area contributed by atoms with Crippen LogP contribution in [0.1, 0.15) is 36.0 Å². The van der Waals surface area contributed by atoms with Crippen LogP contribution >= 0.6 is 0 Å². The summed E-state index contributed by atoms with van der Waals surface area (Å²) in [5, 5.41) is 0. The molecular formula is C24H30N2O3. The molecule has 0 aliphatic carbocycles. The number of para-hydroxylation sites is 1. The maximum absolute atomic E-state index is 13.0. The lowest BCUT2D eigenvalue weighted by Gasteiger charge is -2.28. The van der Waals surface area contributed by atoms with Crippen LogP contribution in [-0.2, 0) is 0 Å². The predicted molar refractivity (Wildman–Crippen MR) is 114 cm³/mol. The second-order valence-corrected chi connectivity index (χ2v) is 7.84. The molecule has 1 amide bonds. The van der Waals surface area contributed by atoms with Gasteiger partial charge in [0.15, 0.2) is 0 Å². The fraction of sp³-hybridized carbons (Fsp3) is 0.458. The maximum atomic E-state index is 13.0. The molecule has 2 heterocycles. The van der Waals surface area contributed by atoms with E-state index in [0.717, 1.165) is 43.0 Å². The molecule has 154 valence electrons. The third-order valence-electron chi connectivity index (χ3n) is 5.77. The largest absolute Gasteiger partial charge is 0.490 e. The van der Waals surface area contributed by atoms with E-state index in [1.807, 2.05) is 54.6 Å². The average molecular weight is 395 g/mol. The molecule has 0 spiro atoms. The lowest BCUT2D eigenvalue weighted by molar-refractivity contribution is 0.0708. The van der Waals surface area contributed by atoms with Crippen molar-refractivity contribution in [2.75, 3.05) is 39.4 Å². The first kappa shape index (κ1) is 19.8. The fourth-order valence-electron chi connectivity index (χ4n) is 4.25. The van der Waals surface area contributed by atoms with E-state index < -0.39 is 0 Å². The quantitative estimate of drug-likeness (QED) is 0.638. The number of carbonyl (C=O) groups excluding carboxylic acids is 1. The SMILES string of the molecule is O=C(c1ccc(OCCOc2ccccc2)cc1)N1CCC[C@H]1CN1CCCC1. The zero-order valence-corrected chi connectivity index (χ0v) is 17.0. The number of rotatable bonds is 8. The molecular weight excluding hydrogens is 364 g/mol. The Kier molecular flexibility index (Phi) is 6.67. The molecule has 2 aromatic carbocycles. The number of amides is 1. The first-order valence-corrected chi connectivity index (χ1v) is 10.7. The van der Waals surface area contributed by atoms with Gasteiger partial charge in [-0.25, -0.2) is 0 Å². The summed E-state index contributed by atoms with van der Waals surface area (Å²) in [7, 11) is 0. The summed E-state index contributed by atoms with van der Waals surface area (Å²) in [4.78, 5) is 17.6. The Bertz CT molecular complexity index is 772. The molecule has 0 radical (unpaired) electrons. The lowest BCUT2D eigenvalue weighted by Crippen LogP contribution is -2.42. The van der Waals surface area contributed by atoms with Gasteiger partial charge in [0.2, 0.25) is 0 Å². The van der Waals surface area contributed by atoms with Crippen molar-refractivity contribution in [3.05, 3.63) is 60.2 Å². The predicted octanol–water partition coefficient (Wildman–Crippen LogP) is 3.84. The van der Waals surface area contributed by atoms with Gasteiger partial charge < -0.3 is 19.3 Å². The van der Waals surface area contributed by atoms with Crippen LogP contribution in [0.15, 0.2) is 54.6 Å². The Morgan fingerprint density at radius 1 is 0.828 bits per heavy atom. The molecule has 4 rings (SSSR count). The maximum Gasteiger partial charge on any atom is 0.254 e. The van der Waals surface area contributed by atoms with Crippen LogP contribution in [0.3, 0.4) is 0 Å². The van der Waals surface area contributed by atoms with E-state index >= 15 is 0 Å². The van der Waals surface area contributed by atoms with Gasteiger partial charge in [-0.3, -0.25) is 4.79 Å². The molecule has 29 heavy (non-hydrogen) atoms. The van der Waals surface area contributed by atoms with E-state index in [2.05, 4.69) is 9.80 Å². The van der Waals surface area contributed by atoms with Gasteiger partial charge in [-0.2, -0.15) is 0 Å². The number of hydrogen-bond donors (Lipinski definition) is 0. The second kappa shape index (κ2) is 9.79. The molecule has 2 aliphatic rings. The summed E-state index contributed by atoms with van der Waals surface area (Å²) < 4.78 is 11.4. The highest BCUT2D eigenvalue weighted by Gasteiger charge is 2.31.